The summed E-state index contributed by atoms with van der Waals surface area (Å²) in [7, 11) is 3.34. The molecule has 0 amide bonds. The van der Waals surface area contributed by atoms with Gasteiger partial charge in [-0.05, 0) is 35.7 Å². The minimum absolute atomic E-state index is 0.477. The van der Waals surface area contributed by atoms with Crippen molar-refractivity contribution in [3.63, 3.8) is 0 Å². The third kappa shape index (κ3) is 2.99. The number of hydrogen-bond donors (Lipinski definition) is 2. The van der Waals surface area contributed by atoms with E-state index in [1.165, 1.54) is 0 Å². The van der Waals surface area contributed by atoms with E-state index >= 15 is 0 Å². The van der Waals surface area contributed by atoms with Gasteiger partial charge in [0.2, 0.25) is 0 Å². The summed E-state index contributed by atoms with van der Waals surface area (Å²) in [4.78, 5) is 4.08. The Hall–Kier alpha value is -2.95. The van der Waals surface area contributed by atoms with Crippen molar-refractivity contribution in [3.8, 4) is 11.5 Å². The predicted octanol–water partition coefficient (Wildman–Crippen LogP) is 3.45. The molecule has 3 aromatic rings. The number of nitrogens with zero attached hydrogens (tertiary/aromatic N) is 1. The van der Waals surface area contributed by atoms with Crippen LogP contribution in [0, 0.1) is 0 Å². The Morgan fingerprint density at radius 2 is 1.87 bits per heavy atom. The lowest BCUT2D eigenvalue weighted by molar-refractivity contribution is 0.410. The monoisotopic (exact) mass is 309 g/mol. The molecule has 1 aromatic heterocycles. The van der Waals surface area contributed by atoms with Crippen LogP contribution in [-0.2, 0) is 6.54 Å². The van der Waals surface area contributed by atoms with Gasteiger partial charge in [-0.1, -0.05) is 12.1 Å². The van der Waals surface area contributed by atoms with Gasteiger partial charge in [-0.3, -0.25) is 0 Å². The van der Waals surface area contributed by atoms with Gasteiger partial charge in [0.15, 0.2) is 0 Å². The molecule has 3 N–H and O–H groups in total. The lowest BCUT2D eigenvalue weighted by atomic mass is 10.0. The minimum Gasteiger partial charge on any atom is -0.496 e. The van der Waals surface area contributed by atoms with Crippen LogP contribution in [0.3, 0.4) is 0 Å². The molecule has 118 valence electrons. The van der Waals surface area contributed by atoms with Crippen molar-refractivity contribution in [2.45, 2.75) is 6.54 Å². The topological polar surface area (TPSA) is 69.4 Å². The molecule has 5 nitrogen and oxygen atoms in total. The van der Waals surface area contributed by atoms with E-state index in [-0.39, 0.29) is 0 Å². The molecule has 0 aliphatic heterocycles. The molecule has 0 atom stereocenters. The van der Waals surface area contributed by atoms with E-state index in [0.29, 0.717) is 12.4 Å². The number of anilines is 2. The highest BCUT2D eigenvalue weighted by Gasteiger charge is 2.09. The number of aromatic nitrogens is 1. The lowest BCUT2D eigenvalue weighted by Gasteiger charge is -2.14. The normalized spacial score (nSPS) is 10.5. The Morgan fingerprint density at radius 3 is 2.61 bits per heavy atom. The molecule has 0 unspecified atom stereocenters. The Kier molecular flexibility index (Phi) is 4.19. The van der Waals surface area contributed by atoms with E-state index in [4.69, 9.17) is 15.2 Å². The average molecular weight is 309 g/mol. The first-order chi connectivity index (χ1) is 11.2. The number of rotatable bonds is 5. The van der Waals surface area contributed by atoms with E-state index in [2.05, 4.69) is 16.4 Å². The first-order valence-electron chi connectivity index (χ1n) is 7.31. The Morgan fingerprint density at radius 1 is 1.04 bits per heavy atom. The van der Waals surface area contributed by atoms with Gasteiger partial charge in [0.1, 0.15) is 17.3 Å². The molecule has 0 aliphatic rings. The predicted molar refractivity (Wildman–Crippen MR) is 93.0 cm³/mol. The third-order valence-electron chi connectivity index (χ3n) is 3.77. The van der Waals surface area contributed by atoms with Crippen LogP contribution in [0.2, 0.25) is 0 Å². The van der Waals surface area contributed by atoms with Crippen molar-refractivity contribution >= 4 is 22.3 Å². The molecule has 3 rings (SSSR count). The van der Waals surface area contributed by atoms with Crippen molar-refractivity contribution in [2.75, 3.05) is 25.3 Å². The number of hydrogen-bond acceptors (Lipinski definition) is 5. The van der Waals surface area contributed by atoms with Crippen molar-refractivity contribution < 1.29 is 9.47 Å². The Balaban J connectivity index is 1.97. The van der Waals surface area contributed by atoms with E-state index in [9.17, 15) is 0 Å². The van der Waals surface area contributed by atoms with Gasteiger partial charge in [0, 0.05) is 23.7 Å². The fourth-order valence-corrected chi connectivity index (χ4v) is 2.58. The van der Waals surface area contributed by atoms with E-state index < -0.39 is 0 Å². The van der Waals surface area contributed by atoms with Crippen molar-refractivity contribution in [2.24, 2.45) is 0 Å². The molecule has 23 heavy (non-hydrogen) atoms. The number of ether oxygens (including phenoxy) is 2. The van der Waals surface area contributed by atoms with Gasteiger partial charge >= 0.3 is 0 Å². The average Bonchev–Trinajstić information content (AvgIpc) is 2.59. The number of nitrogens with two attached hydrogens (primary N) is 1. The summed E-state index contributed by atoms with van der Waals surface area (Å²) in [6.45, 7) is 0.576. The largest absolute Gasteiger partial charge is 0.496 e. The summed E-state index contributed by atoms with van der Waals surface area (Å²) in [5.41, 5.74) is 7.69. The molecule has 1 heterocycles. The summed E-state index contributed by atoms with van der Waals surface area (Å²) in [5.74, 6) is 2.14. The molecule has 0 saturated heterocycles. The van der Waals surface area contributed by atoms with Gasteiger partial charge in [-0.2, -0.15) is 0 Å². The minimum atomic E-state index is 0.477. The van der Waals surface area contributed by atoms with E-state index in [0.717, 1.165) is 33.5 Å². The van der Waals surface area contributed by atoms with Crippen LogP contribution in [0.5, 0.6) is 11.5 Å². The first kappa shape index (κ1) is 15.0. The highest BCUT2D eigenvalue weighted by Crippen LogP contribution is 2.32. The quantitative estimate of drug-likeness (QED) is 0.755. The Labute approximate surface area is 135 Å². The number of nitrogens with one attached hydrogen (secondary N) is 1. The number of fused-ring (bicyclic) bond motifs is 1. The molecule has 2 aromatic carbocycles. The van der Waals surface area contributed by atoms with Crippen LogP contribution in [0.25, 0.3) is 10.8 Å². The summed E-state index contributed by atoms with van der Waals surface area (Å²) in [6, 6.07) is 13.8. The van der Waals surface area contributed by atoms with Crippen molar-refractivity contribution in [3.05, 3.63) is 54.2 Å². The number of benzene rings is 2. The van der Waals surface area contributed by atoms with Gasteiger partial charge in [0.05, 0.1) is 19.9 Å². The van der Waals surface area contributed by atoms with Crippen LogP contribution in [0.1, 0.15) is 5.56 Å². The Bertz CT molecular complexity index is 834. The van der Waals surface area contributed by atoms with Gasteiger partial charge in [-0.15, -0.1) is 0 Å². The van der Waals surface area contributed by atoms with Crippen molar-refractivity contribution in [1.82, 2.24) is 4.98 Å². The van der Waals surface area contributed by atoms with E-state index in [1.807, 2.05) is 36.4 Å². The zero-order valence-electron chi connectivity index (χ0n) is 13.2. The molecule has 0 spiro atoms. The number of nitrogen functional groups attached to an aromatic ring is 1. The maximum absolute atomic E-state index is 5.87. The van der Waals surface area contributed by atoms with Crippen LogP contribution in [0.4, 0.5) is 11.5 Å². The maximum atomic E-state index is 5.87. The second-order valence-electron chi connectivity index (χ2n) is 5.14. The van der Waals surface area contributed by atoms with Crippen molar-refractivity contribution in [1.29, 1.82) is 0 Å². The van der Waals surface area contributed by atoms with Crippen LogP contribution < -0.4 is 20.5 Å². The fourth-order valence-electron chi connectivity index (χ4n) is 2.58. The molecule has 0 fully saturated rings. The number of methoxy groups -OCH3 is 2. The molecule has 0 aliphatic carbocycles. The SMILES string of the molecule is COc1cc2cccc(OC)c2cc1CNc1cccnc1N. The standard InChI is InChI=1S/C18H19N3O2/c1-22-16-7-3-5-12-10-17(23-2)13(9-14(12)16)11-21-15-6-4-8-20-18(15)19/h3-10,21H,11H2,1-2H3,(H2,19,20). The second kappa shape index (κ2) is 6.44. The van der Waals surface area contributed by atoms with Gasteiger partial charge in [-0.25, -0.2) is 4.98 Å². The van der Waals surface area contributed by atoms with Gasteiger partial charge in [0.25, 0.3) is 0 Å². The molecular weight excluding hydrogens is 290 g/mol. The first-order valence-corrected chi connectivity index (χ1v) is 7.31. The second-order valence-corrected chi connectivity index (χ2v) is 5.14. The van der Waals surface area contributed by atoms with Crippen LogP contribution >= 0.6 is 0 Å². The van der Waals surface area contributed by atoms with E-state index in [1.54, 1.807) is 20.4 Å². The smallest absolute Gasteiger partial charge is 0.146 e. The third-order valence-corrected chi connectivity index (χ3v) is 3.77. The summed E-state index contributed by atoms with van der Waals surface area (Å²) >= 11 is 0. The van der Waals surface area contributed by atoms with Crippen LogP contribution in [0.15, 0.2) is 48.7 Å². The van der Waals surface area contributed by atoms with Crippen LogP contribution in [-0.4, -0.2) is 19.2 Å². The zero-order valence-corrected chi connectivity index (χ0v) is 13.2. The zero-order chi connectivity index (χ0) is 16.2. The molecule has 0 radical (unpaired) electrons. The summed E-state index contributed by atoms with van der Waals surface area (Å²) in [5, 5.41) is 5.42. The maximum Gasteiger partial charge on any atom is 0.146 e. The molecule has 0 bridgehead atoms. The highest BCUT2D eigenvalue weighted by molar-refractivity contribution is 5.90. The fraction of sp³-hybridized carbons (Fsp3) is 0.167. The molecule has 5 heteroatoms. The molecule has 0 saturated carbocycles. The molecular formula is C18H19N3O2. The highest BCUT2D eigenvalue weighted by atomic mass is 16.5. The summed E-state index contributed by atoms with van der Waals surface area (Å²) < 4.78 is 11.0. The van der Waals surface area contributed by atoms with Gasteiger partial charge < -0.3 is 20.5 Å². The number of pyridine rings is 1. The summed E-state index contributed by atoms with van der Waals surface area (Å²) in [6.07, 6.45) is 1.67. The lowest BCUT2D eigenvalue weighted by Crippen LogP contribution is -2.05.